The van der Waals surface area contributed by atoms with Gasteiger partial charge in [0.15, 0.2) is 11.5 Å². The van der Waals surface area contributed by atoms with Crippen molar-refractivity contribution in [2.75, 3.05) is 38.4 Å². The maximum atomic E-state index is 6.07. The van der Waals surface area contributed by atoms with E-state index in [0.29, 0.717) is 29.2 Å². The second-order valence-corrected chi connectivity index (χ2v) is 5.41. The van der Waals surface area contributed by atoms with Crippen molar-refractivity contribution in [3.63, 3.8) is 0 Å². The molecule has 1 aromatic carbocycles. The standard InChI is InChI=1S/C15H22N4O2/c1-9(2)8-19(3)15-17-11-7-13(21-5)12(20-4)6-10(11)14(16)18-15/h6-7,9H,8H2,1-5H3,(H2,16,17,18). The largest absolute Gasteiger partial charge is 0.493 e. The zero-order valence-electron chi connectivity index (χ0n) is 13.2. The Morgan fingerprint density at radius 3 is 2.33 bits per heavy atom. The Balaban J connectivity index is 2.54. The van der Waals surface area contributed by atoms with Crippen molar-refractivity contribution in [2.24, 2.45) is 5.92 Å². The molecule has 0 aliphatic rings. The molecule has 0 unspecified atom stereocenters. The summed E-state index contributed by atoms with van der Waals surface area (Å²) in [5.74, 6) is 2.80. The van der Waals surface area contributed by atoms with Gasteiger partial charge in [0.05, 0.1) is 19.7 Å². The topological polar surface area (TPSA) is 73.5 Å². The fourth-order valence-corrected chi connectivity index (χ4v) is 2.27. The number of benzene rings is 1. The van der Waals surface area contributed by atoms with Gasteiger partial charge < -0.3 is 20.1 Å². The minimum Gasteiger partial charge on any atom is -0.493 e. The summed E-state index contributed by atoms with van der Waals surface area (Å²) in [6.45, 7) is 5.15. The molecule has 0 radical (unpaired) electrons. The van der Waals surface area contributed by atoms with Crippen LogP contribution in [-0.2, 0) is 0 Å². The van der Waals surface area contributed by atoms with E-state index < -0.39 is 0 Å². The van der Waals surface area contributed by atoms with E-state index in [2.05, 4.69) is 23.8 Å². The summed E-state index contributed by atoms with van der Waals surface area (Å²) in [5, 5.41) is 0.759. The van der Waals surface area contributed by atoms with Gasteiger partial charge in [0.1, 0.15) is 5.82 Å². The maximum Gasteiger partial charge on any atom is 0.227 e. The summed E-state index contributed by atoms with van der Waals surface area (Å²) in [4.78, 5) is 11.0. The first-order chi connectivity index (χ1) is 9.96. The summed E-state index contributed by atoms with van der Waals surface area (Å²) >= 11 is 0. The van der Waals surface area contributed by atoms with Crippen LogP contribution in [0.3, 0.4) is 0 Å². The molecule has 6 heteroatoms. The third-order valence-corrected chi connectivity index (χ3v) is 3.20. The number of ether oxygens (including phenoxy) is 2. The van der Waals surface area contributed by atoms with Gasteiger partial charge in [0, 0.05) is 25.0 Å². The molecule has 0 fully saturated rings. The summed E-state index contributed by atoms with van der Waals surface area (Å²) in [6.07, 6.45) is 0. The van der Waals surface area contributed by atoms with E-state index >= 15 is 0 Å². The van der Waals surface area contributed by atoms with E-state index in [1.54, 1.807) is 20.3 Å². The minimum atomic E-state index is 0.437. The Morgan fingerprint density at radius 1 is 1.14 bits per heavy atom. The van der Waals surface area contributed by atoms with Crippen molar-refractivity contribution >= 4 is 22.7 Å². The zero-order chi connectivity index (χ0) is 15.6. The SMILES string of the molecule is COc1cc2nc(N(C)CC(C)C)nc(N)c2cc1OC. The van der Waals surface area contributed by atoms with Crippen LogP contribution in [-0.4, -0.2) is 37.8 Å². The Labute approximate surface area is 124 Å². The van der Waals surface area contributed by atoms with E-state index in [1.807, 2.05) is 18.0 Å². The maximum absolute atomic E-state index is 6.07. The normalized spacial score (nSPS) is 11.0. The van der Waals surface area contributed by atoms with Crippen LogP contribution in [0, 0.1) is 5.92 Å². The molecule has 21 heavy (non-hydrogen) atoms. The minimum absolute atomic E-state index is 0.437. The summed E-state index contributed by atoms with van der Waals surface area (Å²) < 4.78 is 10.6. The third-order valence-electron chi connectivity index (χ3n) is 3.20. The van der Waals surface area contributed by atoms with Gasteiger partial charge in [-0.2, -0.15) is 4.98 Å². The molecular formula is C15H22N4O2. The molecule has 2 N–H and O–H groups in total. The molecule has 114 valence electrons. The summed E-state index contributed by atoms with van der Waals surface area (Å²) in [6, 6.07) is 3.62. The molecule has 0 saturated carbocycles. The van der Waals surface area contributed by atoms with Crippen molar-refractivity contribution in [3.05, 3.63) is 12.1 Å². The molecule has 2 rings (SSSR count). The van der Waals surface area contributed by atoms with E-state index in [0.717, 1.165) is 17.4 Å². The Morgan fingerprint density at radius 2 is 1.76 bits per heavy atom. The quantitative estimate of drug-likeness (QED) is 0.911. The average molecular weight is 290 g/mol. The van der Waals surface area contributed by atoms with Gasteiger partial charge >= 0.3 is 0 Å². The number of aromatic nitrogens is 2. The number of nitrogens with two attached hydrogens (primary N) is 1. The number of hydrogen-bond donors (Lipinski definition) is 1. The van der Waals surface area contributed by atoms with E-state index in [1.165, 1.54) is 0 Å². The van der Waals surface area contributed by atoms with E-state index in [-0.39, 0.29) is 0 Å². The number of methoxy groups -OCH3 is 2. The van der Waals surface area contributed by atoms with Crippen LogP contribution >= 0.6 is 0 Å². The lowest BCUT2D eigenvalue weighted by Crippen LogP contribution is -2.24. The van der Waals surface area contributed by atoms with Crippen LogP contribution < -0.4 is 20.1 Å². The second kappa shape index (κ2) is 6.03. The monoisotopic (exact) mass is 290 g/mol. The second-order valence-electron chi connectivity index (χ2n) is 5.41. The number of nitrogen functional groups attached to an aromatic ring is 1. The highest BCUT2D eigenvalue weighted by Crippen LogP contribution is 2.33. The van der Waals surface area contributed by atoms with Gasteiger partial charge in [-0.1, -0.05) is 13.8 Å². The average Bonchev–Trinajstić information content (AvgIpc) is 2.45. The molecular weight excluding hydrogens is 268 g/mol. The molecule has 0 aliphatic heterocycles. The molecule has 0 spiro atoms. The molecule has 2 aromatic rings. The van der Waals surface area contributed by atoms with Crippen molar-refractivity contribution in [1.29, 1.82) is 0 Å². The highest BCUT2D eigenvalue weighted by molar-refractivity contribution is 5.91. The number of anilines is 2. The van der Waals surface area contributed by atoms with Crippen molar-refractivity contribution in [2.45, 2.75) is 13.8 Å². The van der Waals surface area contributed by atoms with E-state index in [4.69, 9.17) is 15.2 Å². The predicted molar refractivity (Wildman–Crippen MR) is 85.2 cm³/mol. The van der Waals surface area contributed by atoms with Gasteiger partial charge in [-0.15, -0.1) is 0 Å². The van der Waals surface area contributed by atoms with Crippen LogP contribution in [0.4, 0.5) is 11.8 Å². The fourth-order valence-electron chi connectivity index (χ4n) is 2.27. The van der Waals surface area contributed by atoms with E-state index in [9.17, 15) is 0 Å². The smallest absolute Gasteiger partial charge is 0.227 e. The van der Waals surface area contributed by atoms with Crippen LogP contribution in [0.15, 0.2) is 12.1 Å². The molecule has 0 atom stereocenters. The first kappa shape index (κ1) is 15.2. The van der Waals surface area contributed by atoms with Crippen LogP contribution in [0.25, 0.3) is 10.9 Å². The van der Waals surface area contributed by atoms with Crippen LogP contribution in [0.2, 0.25) is 0 Å². The number of rotatable bonds is 5. The predicted octanol–water partition coefficient (Wildman–Crippen LogP) is 2.32. The fraction of sp³-hybridized carbons (Fsp3) is 0.467. The molecule has 1 heterocycles. The van der Waals surface area contributed by atoms with Gasteiger partial charge in [0.25, 0.3) is 0 Å². The third kappa shape index (κ3) is 3.09. The Kier molecular flexibility index (Phi) is 4.35. The van der Waals surface area contributed by atoms with Crippen molar-refractivity contribution in [3.8, 4) is 11.5 Å². The number of fused-ring (bicyclic) bond motifs is 1. The number of nitrogens with zero attached hydrogens (tertiary/aromatic N) is 3. The van der Waals surface area contributed by atoms with Gasteiger partial charge in [-0.3, -0.25) is 0 Å². The summed E-state index contributed by atoms with van der Waals surface area (Å²) in [7, 11) is 5.15. The van der Waals surface area contributed by atoms with Gasteiger partial charge in [-0.25, -0.2) is 4.98 Å². The summed E-state index contributed by atoms with van der Waals surface area (Å²) in [5.41, 5.74) is 6.81. The lowest BCUT2D eigenvalue weighted by Gasteiger charge is -2.20. The molecule has 0 saturated heterocycles. The highest BCUT2D eigenvalue weighted by Gasteiger charge is 2.14. The van der Waals surface area contributed by atoms with Crippen molar-refractivity contribution in [1.82, 2.24) is 9.97 Å². The molecule has 0 aliphatic carbocycles. The Bertz CT molecular complexity index is 643. The molecule has 0 bridgehead atoms. The van der Waals surface area contributed by atoms with Crippen LogP contribution in [0.1, 0.15) is 13.8 Å². The van der Waals surface area contributed by atoms with Crippen LogP contribution in [0.5, 0.6) is 11.5 Å². The van der Waals surface area contributed by atoms with Crippen molar-refractivity contribution < 1.29 is 9.47 Å². The first-order valence-electron chi connectivity index (χ1n) is 6.86. The van der Waals surface area contributed by atoms with Gasteiger partial charge in [0.2, 0.25) is 5.95 Å². The first-order valence-corrected chi connectivity index (χ1v) is 6.86. The van der Waals surface area contributed by atoms with Gasteiger partial charge in [-0.05, 0) is 12.0 Å². The molecule has 1 aromatic heterocycles. The highest BCUT2D eigenvalue weighted by atomic mass is 16.5. The lowest BCUT2D eigenvalue weighted by molar-refractivity contribution is 0.356. The number of hydrogen-bond acceptors (Lipinski definition) is 6. The lowest BCUT2D eigenvalue weighted by atomic mass is 10.2. The molecule has 0 amide bonds. The Hall–Kier alpha value is -2.24. The molecule has 6 nitrogen and oxygen atoms in total. The zero-order valence-corrected chi connectivity index (χ0v) is 13.2.